The predicted molar refractivity (Wildman–Crippen MR) is 84.3 cm³/mol. The van der Waals surface area contributed by atoms with Crippen LogP contribution in [0.4, 0.5) is 0 Å². The summed E-state index contributed by atoms with van der Waals surface area (Å²) in [7, 11) is -2.06. The number of carbonyl (C=O) groups excluding carboxylic acids is 2. The molecular weight excluding hydrogens is 304 g/mol. The maximum atomic E-state index is 10.1. The van der Waals surface area contributed by atoms with Crippen LogP contribution in [0.25, 0.3) is 0 Å². The summed E-state index contributed by atoms with van der Waals surface area (Å²) in [4.78, 5) is 27.2. The fraction of sp³-hybridized carbons (Fsp3) is 0.857. The second kappa shape index (κ2) is 16.2. The van der Waals surface area contributed by atoms with Gasteiger partial charge in [0.05, 0.1) is 13.1 Å². The van der Waals surface area contributed by atoms with E-state index in [-0.39, 0.29) is 0 Å². The molecular formula is C14H26N2O5Si. The molecule has 0 rings (SSSR count). The van der Waals surface area contributed by atoms with E-state index in [1.54, 1.807) is 0 Å². The summed E-state index contributed by atoms with van der Waals surface area (Å²) in [6.45, 7) is 6.47. The monoisotopic (exact) mass is 330 g/mol. The van der Waals surface area contributed by atoms with Gasteiger partial charge in [0.1, 0.15) is 0 Å². The first-order valence-corrected chi connectivity index (χ1v) is 9.11. The minimum absolute atomic E-state index is 0.305. The summed E-state index contributed by atoms with van der Waals surface area (Å²) >= 11 is 0. The van der Waals surface area contributed by atoms with E-state index in [4.69, 9.17) is 13.3 Å². The Balaban J connectivity index is 4.21. The van der Waals surface area contributed by atoms with Crippen LogP contribution in [0, 0.1) is 5.92 Å². The van der Waals surface area contributed by atoms with Gasteiger partial charge in [-0.3, -0.25) is 0 Å². The molecule has 0 aliphatic heterocycles. The topological polar surface area (TPSA) is 86.5 Å². The van der Waals surface area contributed by atoms with E-state index in [9.17, 15) is 9.59 Å². The third-order valence-electron chi connectivity index (χ3n) is 2.97. The van der Waals surface area contributed by atoms with Crippen LogP contribution in [-0.4, -0.2) is 54.6 Å². The highest BCUT2D eigenvalue weighted by Crippen LogP contribution is 2.15. The lowest BCUT2D eigenvalue weighted by molar-refractivity contribution is 0.0839. The molecule has 0 aliphatic rings. The van der Waals surface area contributed by atoms with Crippen molar-refractivity contribution in [3.63, 3.8) is 0 Å². The lowest BCUT2D eigenvalue weighted by atomic mass is 9.98. The van der Waals surface area contributed by atoms with E-state index in [1.807, 2.05) is 13.8 Å². The molecule has 0 amide bonds. The Morgan fingerprint density at radius 1 is 0.909 bits per heavy atom. The summed E-state index contributed by atoms with van der Waals surface area (Å²) in [6, 6.07) is 0. The number of isocyanates is 2. The summed E-state index contributed by atoms with van der Waals surface area (Å²) in [5.41, 5.74) is 0. The largest absolute Gasteiger partial charge is 0.484 e. The van der Waals surface area contributed by atoms with Crippen LogP contribution in [0.1, 0.15) is 39.5 Å². The van der Waals surface area contributed by atoms with Crippen LogP contribution in [0.15, 0.2) is 9.98 Å². The normalized spacial score (nSPS) is 11.8. The Morgan fingerprint density at radius 2 is 1.41 bits per heavy atom. The van der Waals surface area contributed by atoms with Crippen molar-refractivity contribution in [1.82, 2.24) is 0 Å². The molecule has 0 aromatic rings. The van der Waals surface area contributed by atoms with E-state index < -0.39 is 9.53 Å². The van der Waals surface area contributed by atoms with E-state index in [1.165, 1.54) is 12.2 Å². The number of hydrogen-bond donors (Lipinski definition) is 0. The van der Waals surface area contributed by atoms with Gasteiger partial charge in [-0.25, -0.2) is 19.6 Å². The first kappa shape index (κ1) is 20.9. The summed E-state index contributed by atoms with van der Waals surface area (Å²) in [5.74, 6) is 0.305. The number of aliphatic imine (C=N–C) groups is 2. The second-order valence-electron chi connectivity index (χ2n) is 4.63. The molecule has 0 aromatic heterocycles. The Morgan fingerprint density at radius 3 is 1.82 bits per heavy atom. The Bertz CT molecular complexity index is 327. The fourth-order valence-electron chi connectivity index (χ4n) is 1.95. The molecule has 0 atom stereocenters. The van der Waals surface area contributed by atoms with E-state index >= 15 is 0 Å². The molecule has 0 saturated carbocycles. The number of rotatable bonds is 15. The van der Waals surface area contributed by atoms with Crippen molar-refractivity contribution in [2.45, 2.75) is 39.5 Å². The van der Waals surface area contributed by atoms with Gasteiger partial charge in [-0.05, 0) is 45.4 Å². The van der Waals surface area contributed by atoms with Gasteiger partial charge in [-0.2, -0.15) is 0 Å². The van der Waals surface area contributed by atoms with Crippen LogP contribution < -0.4 is 0 Å². The summed E-state index contributed by atoms with van der Waals surface area (Å²) in [5, 5.41) is 0. The van der Waals surface area contributed by atoms with Gasteiger partial charge in [0.2, 0.25) is 12.2 Å². The first-order chi connectivity index (χ1) is 10.8. The molecule has 0 spiro atoms. The molecule has 0 N–H and O–H groups in total. The second-order valence-corrected chi connectivity index (χ2v) is 6.21. The zero-order chi connectivity index (χ0) is 16.5. The van der Waals surface area contributed by atoms with Gasteiger partial charge >= 0.3 is 9.53 Å². The molecule has 22 heavy (non-hydrogen) atoms. The van der Waals surface area contributed by atoms with Crippen LogP contribution in [0.3, 0.4) is 0 Å². The molecule has 0 bridgehead atoms. The predicted octanol–water partition coefficient (Wildman–Crippen LogP) is 1.64. The third-order valence-corrected chi connectivity index (χ3v) is 4.64. The maximum absolute atomic E-state index is 10.1. The zero-order valence-electron chi connectivity index (χ0n) is 13.5. The minimum atomic E-state index is -2.06. The smallest absolute Gasteiger partial charge is 0.376 e. The molecule has 0 fully saturated rings. The highest BCUT2D eigenvalue weighted by atomic mass is 28.3. The number of hydrogen-bond acceptors (Lipinski definition) is 7. The highest BCUT2D eigenvalue weighted by molar-refractivity contribution is 6.36. The molecule has 7 nitrogen and oxygen atoms in total. The highest BCUT2D eigenvalue weighted by Gasteiger charge is 2.17. The summed E-state index contributed by atoms with van der Waals surface area (Å²) in [6.07, 6.45) is 6.45. The molecule has 0 aromatic carbocycles. The van der Waals surface area contributed by atoms with Crippen LogP contribution >= 0.6 is 0 Å². The molecule has 0 aliphatic carbocycles. The van der Waals surface area contributed by atoms with Crippen LogP contribution in [0.2, 0.25) is 0 Å². The molecule has 0 unspecified atom stereocenters. The third kappa shape index (κ3) is 12.6. The first-order valence-electron chi connectivity index (χ1n) is 7.70. The van der Waals surface area contributed by atoms with Crippen molar-refractivity contribution in [2.24, 2.45) is 15.9 Å². The maximum Gasteiger partial charge on any atom is 0.484 e. The SMILES string of the molecule is CCO[SiH](OCC)OCC(CCCN=C=O)CCCN=C=O. The van der Waals surface area contributed by atoms with Gasteiger partial charge in [-0.15, -0.1) is 0 Å². The van der Waals surface area contributed by atoms with Crippen molar-refractivity contribution in [3.8, 4) is 0 Å². The van der Waals surface area contributed by atoms with Gasteiger partial charge < -0.3 is 13.3 Å². The zero-order valence-corrected chi connectivity index (χ0v) is 14.6. The lowest BCUT2D eigenvalue weighted by Gasteiger charge is -2.20. The van der Waals surface area contributed by atoms with Gasteiger partial charge in [0.15, 0.2) is 0 Å². The Hall–Kier alpha value is -1.14. The summed E-state index contributed by atoms with van der Waals surface area (Å²) < 4.78 is 16.7. The van der Waals surface area contributed by atoms with Crippen molar-refractivity contribution in [3.05, 3.63) is 0 Å². The standard InChI is InChI=1S/C14H26N2O5Si/c1-3-19-22(20-4-2)21-11-14(7-5-9-15-12-17)8-6-10-16-13-18/h14,22H,3-11H2,1-2H3. The minimum Gasteiger partial charge on any atom is -0.376 e. The van der Waals surface area contributed by atoms with E-state index in [0.717, 1.165) is 25.7 Å². The van der Waals surface area contributed by atoms with E-state index in [0.29, 0.717) is 38.8 Å². The van der Waals surface area contributed by atoms with Crippen molar-refractivity contribution < 1.29 is 22.9 Å². The lowest BCUT2D eigenvalue weighted by Crippen LogP contribution is -2.29. The van der Waals surface area contributed by atoms with E-state index in [2.05, 4.69) is 9.98 Å². The Kier molecular flexibility index (Phi) is 15.4. The molecule has 0 radical (unpaired) electrons. The van der Waals surface area contributed by atoms with Crippen molar-refractivity contribution >= 4 is 21.7 Å². The van der Waals surface area contributed by atoms with Gasteiger partial charge in [-0.1, -0.05) is 0 Å². The van der Waals surface area contributed by atoms with Crippen LogP contribution in [0.5, 0.6) is 0 Å². The fourth-order valence-corrected chi connectivity index (χ4v) is 3.21. The van der Waals surface area contributed by atoms with Gasteiger partial charge in [0.25, 0.3) is 0 Å². The van der Waals surface area contributed by atoms with Crippen LogP contribution in [-0.2, 0) is 22.9 Å². The Labute approximate surface area is 133 Å². The average Bonchev–Trinajstić information content (AvgIpc) is 2.52. The average molecular weight is 330 g/mol. The molecule has 0 heterocycles. The molecule has 126 valence electrons. The molecule has 8 heteroatoms. The molecule has 0 saturated heterocycles. The number of nitrogens with zero attached hydrogens (tertiary/aromatic N) is 2. The van der Waals surface area contributed by atoms with Crippen molar-refractivity contribution in [1.29, 1.82) is 0 Å². The quantitative estimate of drug-likeness (QED) is 0.197. The van der Waals surface area contributed by atoms with Crippen molar-refractivity contribution in [2.75, 3.05) is 32.9 Å². The van der Waals surface area contributed by atoms with Gasteiger partial charge in [0, 0.05) is 19.8 Å².